The highest BCUT2D eigenvalue weighted by Gasteiger charge is 2.29. The highest BCUT2D eigenvalue weighted by Crippen LogP contribution is 2.26. The predicted molar refractivity (Wildman–Crippen MR) is 121 cm³/mol. The fourth-order valence-corrected chi connectivity index (χ4v) is 3.70. The summed E-state index contributed by atoms with van der Waals surface area (Å²) in [6.07, 6.45) is 8.10. The number of nitrogens with zero attached hydrogens (tertiary/aromatic N) is 4. The summed E-state index contributed by atoms with van der Waals surface area (Å²) in [7, 11) is 0. The van der Waals surface area contributed by atoms with Crippen LogP contribution in [0.3, 0.4) is 0 Å². The van der Waals surface area contributed by atoms with Gasteiger partial charge in [0.1, 0.15) is 11.4 Å². The van der Waals surface area contributed by atoms with Gasteiger partial charge in [-0.15, -0.1) is 0 Å². The summed E-state index contributed by atoms with van der Waals surface area (Å²) in [6, 6.07) is 1.95. The molecule has 3 rings (SSSR count). The van der Waals surface area contributed by atoms with E-state index >= 15 is 0 Å². The molecule has 0 aliphatic carbocycles. The number of hydrogen-bond donors (Lipinski definition) is 2. The van der Waals surface area contributed by atoms with E-state index in [0.29, 0.717) is 18.1 Å². The summed E-state index contributed by atoms with van der Waals surface area (Å²) in [5.74, 6) is 0.819. The number of thiocarbonyl (C=S) groups is 1. The average molecular weight is 415 g/mol. The Labute approximate surface area is 178 Å². The van der Waals surface area contributed by atoms with Crippen LogP contribution in [-0.4, -0.2) is 64.1 Å². The lowest BCUT2D eigenvalue weighted by Crippen LogP contribution is -2.60. The minimum absolute atomic E-state index is 0.129. The highest BCUT2D eigenvalue weighted by atomic mass is 32.1. The first-order chi connectivity index (χ1) is 13.9. The normalized spacial score (nSPS) is 19.0. The fourth-order valence-electron chi connectivity index (χ4n) is 3.48. The summed E-state index contributed by atoms with van der Waals surface area (Å²) >= 11 is 5.58. The first-order valence-corrected chi connectivity index (χ1v) is 10.3. The standard InChI is InChI=1S/C21H30N6OS/c1-5-6-9-23-21(3,4)27-13-11-26(12-14-27)20(29)25-24-17-8-15-28-19-16(2)7-10-22-18(17)19/h5-7,9-10,23H,1,8,11-15H2,2-4H3,(H,25,29)/b9-6-,24-17-. The largest absolute Gasteiger partial charge is 0.491 e. The monoisotopic (exact) mass is 414 g/mol. The van der Waals surface area contributed by atoms with E-state index in [-0.39, 0.29) is 5.66 Å². The molecule has 0 aromatic carbocycles. The molecule has 2 aliphatic heterocycles. The Morgan fingerprint density at radius 2 is 2.10 bits per heavy atom. The molecule has 0 spiro atoms. The van der Waals surface area contributed by atoms with Crippen molar-refractivity contribution in [1.82, 2.24) is 25.5 Å². The van der Waals surface area contributed by atoms with Crippen LogP contribution in [0.1, 0.15) is 31.5 Å². The van der Waals surface area contributed by atoms with E-state index in [4.69, 9.17) is 17.0 Å². The van der Waals surface area contributed by atoms with Gasteiger partial charge in [0.25, 0.3) is 0 Å². The fraction of sp³-hybridized carbons (Fsp3) is 0.476. The minimum Gasteiger partial charge on any atom is -0.491 e. The molecule has 7 nitrogen and oxygen atoms in total. The van der Waals surface area contributed by atoms with E-state index in [9.17, 15) is 0 Å². The van der Waals surface area contributed by atoms with E-state index < -0.39 is 0 Å². The molecule has 0 radical (unpaired) electrons. The molecule has 156 valence electrons. The van der Waals surface area contributed by atoms with Gasteiger partial charge >= 0.3 is 0 Å². The summed E-state index contributed by atoms with van der Waals surface area (Å²) in [5.41, 5.74) is 5.70. The van der Waals surface area contributed by atoms with Crippen LogP contribution in [-0.2, 0) is 0 Å². The SMILES string of the molecule is C=C/C=C\NC(C)(C)N1CCN(C(=S)N/N=C2/CCOc3c(C)ccnc32)CC1. The maximum atomic E-state index is 5.75. The Kier molecular flexibility index (Phi) is 6.87. The average Bonchev–Trinajstić information content (AvgIpc) is 2.72. The molecule has 0 atom stereocenters. The number of nitrogens with one attached hydrogen (secondary N) is 2. The van der Waals surface area contributed by atoms with Crippen molar-refractivity contribution in [3.05, 3.63) is 48.5 Å². The van der Waals surface area contributed by atoms with Crippen molar-refractivity contribution in [2.24, 2.45) is 5.10 Å². The maximum absolute atomic E-state index is 5.75. The van der Waals surface area contributed by atoms with Crippen molar-refractivity contribution in [3.8, 4) is 5.75 Å². The molecular formula is C21H30N6OS. The van der Waals surface area contributed by atoms with E-state index in [2.05, 4.69) is 51.1 Å². The third-order valence-electron chi connectivity index (χ3n) is 5.27. The molecule has 0 amide bonds. The molecular weight excluding hydrogens is 384 g/mol. The van der Waals surface area contributed by atoms with E-state index in [0.717, 1.165) is 48.9 Å². The number of pyridine rings is 1. The third kappa shape index (κ3) is 5.13. The van der Waals surface area contributed by atoms with Crippen molar-refractivity contribution in [3.63, 3.8) is 0 Å². The second-order valence-electron chi connectivity index (χ2n) is 7.65. The van der Waals surface area contributed by atoms with Gasteiger partial charge in [-0.3, -0.25) is 15.3 Å². The van der Waals surface area contributed by atoms with Crippen LogP contribution >= 0.6 is 12.2 Å². The zero-order valence-corrected chi connectivity index (χ0v) is 18.3. The van der Waals surface area contributed by atoms with Gasteiger partial charge in [-0.05, 0) is 56.9 Å². The van der Waals surface area contributed by atoms with Gasteiger partial charge in [0.05, 0.1) is 18.0 Å². The minimum atomic E-state index is -0.129. The Hall–Kier alpha value is -2.45. The summed E-state index contributed by atoms with van der Waals surface area (Å²) in [6.45, 7) is 14.2. The number of fused-ring (bicyclic) bond motifs is 1. The molecule has 1 fully saturated rings. The molecule has 2 N–H and O–H groups in total. The summed E-state index contributed by atoms with van der Waals surface area (Å²) < 4.78 is 5.75. The quantitative estimate of drug-likeness (QED) is 0.436. The van der Waals surface area contributed by atoms with Gasteiger partial charge in [-0.1, -0.05) is 12.7 Å². The predicted octanol–water partition coefficient (Wildman–Crippen LogP) is 2.39. The summed E-state index contributed by atoms with van der Waals surface area (Å²) in [5, 5.41) is 8.63. The zero-order chi connectivity index (χ0) is 20.9. The van der Waals surface area contributed by atoms with E-state index in [1.165, 1.54) is 0 Å². The number of aryl methyl sites for hydroxylation is 1. The maximum Gasteiger partial charge on any atom is 0.189 e. The van der Waals surface area contributed by atoms with Crippen molar-refractivity contribution in [2.45, 2.75) is 32.9 Å². The number of hydrazone groups is 1. The number of allylic oxidation sites excluding steroid dienone is 2. The number of rotatable bonds is 5. The van der Waals surface area contributed by atoms with Crippen LogP contribution in [0.25, 0.3) is 0 Å². The summed E-state index contributed by atoms with van der Waals surface area (Å²) in [4.78, 5) is 9.01. The number of aromatic nitrogens is 1. The molecule has 1 aromatic rings. The van der Waals surface area contributed by atoms with Gasteiger partial charge in [0, 0.05) is 38.8 Å². The molecule has 1 saturated heterocycles. The second kappa shape index (κ2) is 9.37. The van der Waals surface area contributed by atoms with Crippen molar-refractivity contribution >= 4 is 23.0 Å². The molecule has 8 heteroatoms. The molecule has 2 aliphatic rings. The van der Waals surface area contributed by atoms with E-state index in [1.807, 2.05) is 25.3 Å². The van der Waals surface area contributed by atoms with Gasteiger partial charge in [-0.25, -0.2) is 0 Å². The molecule has 0 unspecified atom stereocenters. The Morgan fingerprint density at radius 1 is 1.34 bits per heavy atom. The second-order valence-corrected chi connectivity index (χ2v) is 8.04. The Bertz CT molecular complexity index is 811. The van der Waals surface area contributed by atoms with Gasteiger partial charge in [-0.2, -0.15) is 5.10 Å². The topological polar surface area (TPSA) is 65.0 Å². The van der Waals surface area contributed by atoms with Crippen LogP contribution < -0.4 is 15.5 Å². The molecule has 3 heterocycles. The van der Waals surface area contributed by atoms with Gasteiger partial charge in [0.2, 0.25) is 0 Å². The van der Waals surface area contributed by atoms with Crippen LogP contribution in [0, 0.1) is 6.92 Å². The molecule has 1 aromatic heterocycles. The lowest BCUT2D eigenvalue weighted by molar-refractivity contribution is 0.0609. The Balaban J connectivity index is 1.56. The van der Waals surface area contributed by atoms with Crippen LogP contribution in [0.2, 0.25) is 0 Å². The lowest BCUT2D eigenvalue weighted by Gasteiger charge is -2.44. The van der Waals surface area contributed by atoms with Crippen LogP contribution in [0.4, 0.5) is 0 Å². The van der Waals surface area contributed by atoms with Crippen LogP contribution in [0.5, 0.6) is 5.75 Å². The van der Waals surface area contributed by atoms with E-state index in [1.54, 1.807) is 12.3 Å². The molecule has 0 saturated carbocycles. The van der Waals surface area contributed by atoms with Gasteiger partial charge in [0.15, 0.2) is 5.11 Å². The molecule has 0 bridgehead atoms. The smallest absolute Gasteiger partial charge is 0.189 e. The third-order valence-corrected chi connectivity index (χ3v) is 5.62. The Morgan fingerprint density at radius 3 is 2.83 bits per heavy atom. The van der Waals surface area contributed by atoms with Crippen molar-refractivity contribution < 1.29 is 4.74 Å². The first kappa shape index (κ1) is 21.3. The number of piperazine rings is 1. The molecule has 29 heavy (non-hydrogen) atoms. The lowest BCUT2D eigenvalue weighted by atomic mass is 10.1. The highest BCUT2D eigenvalue weighted by molar-refractivity contribution is 7.80. The van der Waals surface area contributed by atoms with Crippen molar-refractivity contribution in [2.75, 3.05) is 32.8 Å². The zero-order valence-electron chi connectivity index (χ0n) is 17.4. The van der Waals surface area contributed by atoms with Crippen LogP contribution in [0.15, 0.2) is 42.3 Å². The van der Waals surface area contributed by atoms with Crippen molar-refractivity contribution in [1.29, 1.82) is 0 Å². The number of hydrogen-bond acceptors (Lipinski definition) is 6. The number of ether oxygens (including phenoxy) is 1. The first-order valence-electron chi connectivity index (χ1n) is 9.93. The van der Waals surface area contributed by atoms with Gasteiger partial charge < -0.3 is 15.0 Å².